The number of ether oxygens (including phenoxy) is 5. The Bertz CT molecular complexity index is 989. The Labute approximate surface area is 184 Å². The average Bonchev–Trinajstić information content (AvgIpc) is 3.25. The van der Waals surface area contributed by atoms with Gasteiger partial charge in [0, 0.05) is 24.1 Å². The summed E-state index contributed by atoms with van der Waals surface area (Å²) in [5.74, 6) is -2.90. The van der Waals surface area contributed by atoms with Crippen molar-refractivity contribution in [3.05, 3.63) is 75.8 Å². The summed E-state index contributed by atoms with van der Waals surface area (Å²) in [5.41, 5.74) is 0.949. The summed E-state index contributed by atoms with van der Waals surface area (Å²) in [6.07, 6.45) is 1.38. The molecule has 9 nitrogen and oxygen atoms in total. The van der Waals surface area contributed by atoms with Gasteiger partial charge in [0.15, 0.2) is 0 Å². The number of nitro benzene ring substituents is 1. The number of nitro groups is 1. The summed E-state index contributed by atoms with van der Waals surface area (Å²) >= 11 is 0. The minimum Gasteiger partial charge on any atom is -0.459 e. The highest BCUT2D eigenvalue weighted by Crippen LogP contribution is 2.54. The Morgan fingerprint density at radius 3 is 2.53 bits per heavy atom. The Kier molecular flexibility index (Phi) is 5.42. The maximum Gasteiger partial charge on any atom is 0.338 e. The first-order valence-electron chi connectivity index (χ1n) is 10.6. The van der Waals surface area contributed by atoms with Crippen LogP contribution in [0, 0.1) is 10.1 Å². The van der Waals surface area contributed by atoms with Crippen LogP contribution >= 0.6 is 0 Å². The van der Waals surface area contributed by atoms with Crippen molar-refractivity contribution in [3.63, 3.8) is 0 Å². The van der Waals surface area contributed by atoms with Gasteiger partial charge in [-0.3, -0.25) is 10.1 Å². The number of hydrogen-bond donors (Lipinski definition) is 0. The van der Waals surface area contributed by atoms with Gasteiger partial charge in [0.25, 0.3) is 11.5 Å². The summed E-state index contributed by atoms with van der Waals surface area (Å²) < 4.78 is 30.7. The van der Waals surface area contributed by atoms with E-state index in [1.165, 1.54) is 24.3 Å². The molecule has 3 fully saturated rings. The van der Waals surface area contributed by atoms with Crippen molar-refractivity contribution in [2.24, 2.45) is 0 Å². The predicted octanol–water partition coefficient (Wildman–Crippen LogP) is 3.32. The topological polar surface area (TPSA) is 106 Å². The minimum atomic E-state index is -1.17. The van der Waals surface area contributed by atoms with E-state index in [4.69, 9.17) is 23.7 Å². The predicted molar refractivity (Wildman–Crippen MR) is 110 cm³/mol. The Hall–Kier alpha value is -2.85. The molecule has 4 atom stereocenters. The van der Waals surface area contributed by atoms with Gasteiger partial charge in [0.2, 0.25) is 5.79 Å². The molecule has 2 aromatic carbocycles. The van der Waals surface area contributed by atoms with Gasteiger partial charge < -0.3 is 23.7 Å². The zero-order valence-electron chi connectivity index (χ0n) is 17.3. The standard InChI is InChI=1S/C23H23NO8/c25-21(16-8-10-18(11-9-16)24(26)27)28-14-19-20-15-30-23(32-20,17-6-2-1-3-7-17)22(31-19)12-4-5-13-29-22/h1-3,6-11,19-20H,4-5,12-15H2/t19-,20+,22+,23+/m0/s1. The Balaban J connectivity index is 1.34. The van der Waals surface area contributed by atoms with Crippen LogP contribution < -0.4 is 0 Å². The molecule has 2 bridgehead atoms. The van der Waals surface area contributed by atoms with Crippen LogP contribution in [0.25, 0.3) is 0 Å². The maximum absolute atomic E-state index is 12.5. The van der Waals surface area contributed by atoms with Crippen LogP contribution in [0.4, 0.5) is 5.69 Å². The second kappa shape index (κ2) is 8.25. The van der Waals surface area contributed by atoms with Crippen LogP contribution in [0.15, 0.2) is 54.6 Å². The number of rotatable bonds is 5. The van der Waals surface area contributed by atoms with E-state index in [1.807, 2.05) is 30.3 Å². The third-order valence-corrected chi connectivity index (χ3v) is 6.11. The van der Waals surface area contributed by atoms with Gasteiger partial charge >= 0.3 is 5.97 Å². The monoisotopic (exact) mass is 441 g/mol. The van der Waals surface area contributed by atoms with Gasteiger partial charge in [-0.15, -0.1) is 0 Å². The molecular weight excluding hydrogens is 418 g/mol. The van der Waals surface area contributed by atoms with E-state index in [-0.39, 0.29) is 24.5 Å². The second-order valence-corrected chi connectivity index (χ2v) is 8.07. The van der Waals surface area contributed by atoms with Crippen molar-refractivity contribution in [2.45, 2.75) is 43.0 Å². The van der Waals surface area contributed by atoms with Crippen LogP contribution in [0.3, 0.4) is 0 Å². The molecule has 5 rings (SSSR count). The van der Waals surface area contributed by atoms with Crippen LogP contribution in [0.5, 0.6) is 0 Å². The summed E-state index contributed by atoms with van der Waals surface area (Å²) in [7, 11) is 0. The van der Waals surface area contributed by atoms with Gasteiger partial charge in [-0.25, -0.2) is 4.79 Å². The fourth-order valence-electron chi connectivity index (χ4n) is 4.51. The smallest absolute Gasteiger partial charge is 0.338 e. The van der Waals surface area contributed by atoms with E-state index in [1.54, 1.807) is 0 Å². The molecule has 9 heteroatoms. The largest absolute Gasteiger partial charge is 0.459 e. The zero-order chi connectivity index (χ0) is 22.2. The first-order chi connectivity index (χ1) is 15.5. The van der Waals surface area contributed by atoms with Crippen LogP contribution in [0.1, 0.15) is 35.2 Å². The number of carbonyl (C=O) groups excluding carboxylic acids is 1. The van der Waals surface area contributed by atoms with Crippen molar-refractivity contribution in [3.8, 4) is 0 Å². The lowest BCUT2D eigenvalue weighted by molar-refractivity contribution is -0.443. The highest BCUT2D eigenvalue weighted by atomic mass is 16.8. The zero-order valence-corrected chi connectivity index (χ0v) is 17.3. The molecule has 0 aromatic heterocycles. The third-order valence-electron chi connectivity index (χ3n) is 6.11. The molecule has 168 valence electrons. The summed E-state index contributed by atoms with van der Waals surface area (Å²) in [4.78, 5) is 22.8. The number of esters is 1. The SMILES string of the molecule is O=C(OC[C@@H]1O[C@]2(CCCCO2)[C@]2(c3ccccc3)OC[C@H]1O2)c1ccc([N+](=O)[O-])cc1. The van der Waals surface area contributed by atoms with Crippen molar-refractivity contribution in [1.82, 2.24) is 0 Å². The second-order valence-electron chi connectivity index (χ2n) is 8.07. The fraction of sp³-hybridized carbons (Fsp3) is 0.435. The van der Waals surface area contributed by atoms with Gasteiger partial charge in [0.05, 0.1) is 23.7 Å². The number of benzene rings is 2. The third kappa shape index (κ3) is 3.47. The van der Waals surface area contributed by atoms with Crippen molar-refractivity contribution in [1.29, 1.82) is 0 Å². The molecule has 0 N–H and O–H groups in total. The molecule has 3 aliphatic heterocycles. The highest BCUT2D eigenvalue weighted by Gasteiger charge is 2.67. The van der Waals surface area contributed by atoms with Crippen LogP contribution in [-0.2, 0) is 29.5 Å². The van der Waals surface area contributed by atoms with Gasteiger partial charge in [0.1, 0.15) is 18.8 Å². The van der Waals surface area contributed by atoms with E-state index in [0.717, 1.165) is 18.4 Å². The number of non-ortho nitro benzene ring substituents is 1. The van der Waals surface area contributed by atoms with Crippen molar-refractivity contribution >= 4 is 11.7 Å². The van der Waals surface area contributed by atoms with Crippen LogP contribution in [-0.4, -0.2) is 48.7 Å². The van der Waals surface area contributed by atoms with E-state index in [9.17, 15) is 14.9 Å². The normalized spacial score (nSPS) is 31.4. The minimum absolute atomic E-state index is 0.0557. The Morgan fingerprint density at radius 1 is 1.06 bits per heavy atom. The maximum atomic E-state index is 12.5. The molecular formula is C23H23NO8. The number of hydrogen-bond acceptors (Lipinski definition) is 8. The number of carbonyl (C=O) groups is 1. The first kappa shape index (κ1) is 21.0. The summed E-state index contributed by atoms with van der Waals surface area (Å²) in [6.45, 7) is 0.737. The quantitative estimate of drug-likeness (QED) is 0.395. The summed E-state index contributed by atoms with van der Waals surface area (Å²) in [6, 6.07) is 14.9. The van der Waals surface area contributed by atoms with Crippen molar-refractivity contribution < 1.29 is 33.4 Å². The fourth-order valence-corrected chi connectivity index (χ4v) is 4.51. The molecule has 3 aliphatic rings. The summed E-state index contributed by atoms with van der Waals surface area (Å²) in [5, 5.41) is 10.8. The van der Waals surface area contributed by atoms with E-state index in [2.05, 4.69) is 0 Å². The highest BCUT2D eigenvalue weighted by molar-refractivity contribution is 5.89. The molecule has 1 spiro atoms. The molecule has 0 unspecified atom stereocenters. The lowest BCUT2D eigenvalue weighted by Crippen LogP contribution is -2.64. The van der Waals surface area contributed by atoms with E-state index in [0.29, 0.717) is 13.0 Å². The van der Waals surface area contributed by atoms with E-state index >= 15 is 0 Å². The first-order valence-corrected chi connectivity index (χ1v) is 10.6. The van der Waals surface area contributed by atoms with Crippen LogP contribution in [0.2, 0.25) is 0 Å². The molecule has 3 heterocycles. The molecule has 0 radical (unpaired) electrons. The van der Waals surface area contributed by atoms with Gasteiger partial charge in [-0.05, 0) is 25.0 Å². The van der Waals surface area contributed by atoms with Crippen molar-refractivity contribution in [2.75, 3.05) is 19.8 Å². The average molecular weight is 441 g/mol. The lowest BCUT2D eigenvalue weighted by Gasteiger charge is -2.52. The molecule has 0 saturated carbocycles. The molecule has 32 heavy (non-hydrogen) atoms. The number of nitrogens with zero attached hydrogens (tertiary/aromatic N) is 1. The molecule has 0 amide bonds. The molecule has 0 aliphatic carbocycles. The lowest BCUT2D eigenvalue weighted by atomic mass is 9.89. The van der Waals surface area contributed by atoms with Gasteiger partial charge in [-0.2, -0.15) is 0 Å². The molecule has 2 aromatic rings. The molecule has 3 saturated heterocycles. The Morgan fingerprint density at radius 2 is 1.84 bits per heavy atom. The van der Waals surface area contributed by atoms with Gasteiger partial charge in [-0.1, -0.05) is 30.3 Å². The van der Waals surface area contributed by atoms with E-state index < -0.39 is 34.7 Å². The number of fused-ring (bicyclic) bond motifs is 3.